The number of hydrogen-bond donors (Lipinski definition) is 1. The van der Waals surface area contributed by atoms with Crippen molar-refractivity contribution in [2.45, 2.75) is 31.3 Å². The third kappa shape index (κ3) is 3.66. The Labute approximate surface area is 146 Å². The number of methoxy groups -OCH3 is 1. The van der Waals surface area contributed by atoms with Gasteiger partial charge in [0.15, 0.2) is 0 Å². The number of aliphatic carboxylic acids is 1. The van der Waals surface area contributed by atoms with Gasteiger partial charge in [0.25, 0.3) is 0 Å². The highest BCUT2D eigenvalue weighted by molar-refractivity contribution is 5.73. The molecule has 3 rings (SSSR count). The normalized spacial score (nSPS) is 19.4. The lowest BCUT2D eigenvalue weighted by Gasteiger charge is -2.40. The molecule has 2 aromatic rings. The van der Waals surface area contributed by atoms with Crippen molar-refractivity contribution < 1.29 is 19.0 Å². The maximum atomic E-state index is 14.0. The van der Waals surface area contributed by atoms with Gasteiger partial charge < -0.3 is 9.84 Å². The molecule has 1 fully saturated rings. The summed E-state index contributed by atoms with van der Waals surface area (Å²) < 4.78 is 19.4. The number of rotatable bonds is 5. The Morgan fingerprint density at radius 2 is 2.00 bits per heavy atom. The molecule has 1 aliphatic rings. The van der Waals surface area contributed by atoms with Crippen LogP contribution in [0, 0.1) is 5.82 Å². The largest absolute Gasteiger partial charge is 0.496 e. The van der Waals surface area contributed by atoms with Crippen LogP contribution in [0.3, 0.4) is 0 Å². The lowest BCUT2D eigenvalue weighted by Crippen LogP contribution is -2.46. The molecule has 0 spiro atoms. The molecule has 0 aromatic heterocycles. The van der Waals surface area contributed by atoms with Crippen molar-refractivity contribution in [3.63, 3.8) is 0 Å². The van der Waals surface area contributed by atoms with E-state index in [2.05, 4.69) is 0 Å². The van der Waals surface area contributed by atoms with Crippen molar-refractivity contribution in [2.75, 3.05) is 13.7 Å². The van der Waals surface area contributed by atoms with Crippen LogP contribution in [0.25, 0.3) is 0 Å². The molecule has 1 heterocycles. The van der Waals surface area contributed by atoms with Gasteiger partial charge in [-0.1, -0.05) is 36.8 Å². The lowest BCUT2D eigenvalue weighted by atomic mass is 9.91. The third-order valence-corrected chi connectivity index (χ3v) is 4.76. The first kappa shape index (κ1) is 17.4. The quantitative estimate of drug-likeness (QED) is 0.895. The number of carboxylic acids is 1. The first-order valence-electron chi connectivity index (χ1n) is 8.48. The molecular formula is C20H22FNO3. The number of halogens is 1. The van der Waals surface area contributed by atoms with E-state index in [0.717, 1.165) is 18.4 Å². The molecular weight excluding hydrogens is 321 g/mol. The van der Waals surface area contributed by atoms with Gasteiger partial charge in [0.1, 0.15) is 17.6 Å². The molecule has 25 heavy (non-hydrogen) atoms. The smallest absolute Gasteiger partial charge is 0.320 e. The van der Waals surface area contributed by atoms with Crippen LogP contribution >= 0.6 is 0 Å². The second-order valence-corrected chi connectivity index (χ2v) is 6.29. The number of ether oxygens (including phenoxy) is 1. The minimum absolute atomic E-state index is 0.361. The van der Waals surface area contributed by atoms with Crippen LogP contribution < -0.4 is 4.74 Å². The number of piperidine rings is 1. The van der Waals surface area contributed by atoms with E-state index in [1.807, 2.05) is 35.2 Å². The fourth-order valence-corrected chi connectivity index (χ4v) is 3.63. The van der Waals surface area contributed by atoms with E-state index in [1.165, 1.54) is 12.1 Å². The molecule has 1 saturated heterocycles. The van der Waals surface area contributed by atoms with E-state index in [4.69, 9.17) is 4.74 Å². The second kappa shape index (κ2) is 7.66. The topological polar surface area (TPSA) is 49.8 Å². The zero-order valence-electron chi connectivity index (χ0n) is 14.2. The molecule has 4 nitrogen and oxygen atoms in total. The number of likely N-dealkylation sites (tertiary alicyclic amines) is 1. The van der Waals surface area contributed by atoms with Crippen LogP contribution in [-0.4, -0.2) is 35.7 Å². The lowest BCUT2D eigenvalue weighted by molar-refractivity contribution is -0.145. The van der Waals surface area contributed by atoms with Crippen molar-refractivity contribution >= 4 is 5.97 Å². The second-order valence-electron chi connectivity index (χ2n) is 6.29. The molecule has 0 radical (unpaired) electrons. The monoisotopic (exact) mass is 343 g/mol. The van der Waals surface area contributed by atoms with Gasteiger partial charge in [-0.3, -0.25) is 9.69 Å². The molecule has 0 saturated carbocycles. The zero-order chi connectivity index (χ0) is 17.8. The Morgan fingerprint density at radius 3 is 2.68 bits per heavy atom. The number of carboxylic acid groups (broad SMARTS) is 1. The molecule has 132 valence electrons. The highest BCUT2D eigenvalue weighted by atomic mass is 19.1. The minimum Gasteiger partial charge on any atom is -0.496 e. The molecule has 5 heteroatoms. The van der Waals surface area contributed by atoms with Crippen molar-refractivity contribution in [2.24, 2.45) is 0 Å². The first-order chi connectivity index (χ1) is 12.1. The minimum atomic E-state index is -0.837. The third-order valence-electron chi connectivity index (χ3n) is 4.76. The van der Waals surface area contributed by atoms with Gasteiger partial charge >= 0.3 is 5.97 Å². The summed E-state index contributed by atoms with van der Waals surface area (Å²) in [5, 5.41) is 9.69. The molecule has 0 aliphatic carbocycles. The number of hydrogen-bond acceptors (Lipinski definition) is 3. The Bertz CT molecular complexity index is 735. The SMILES string of the molecule is COc1ccc(F)cc1C(c1ccccc1)N1CCCCC1C(=O)O. The van der Waals surface area contributed by atoms with Crippen LogP contribution in [0.15, 0.2) is 48.5 Å². The molecule has 2 aromatic carbocycles. The molecule has 0 amide bonds. The van der Waals surface area contributed by atoms with Crippen LogP contribution in [0.2, 0.25) is 0 Å². The molecule has 2 unspecified atom stereocenters. The van der Waals surface area contributed by atoms with Crippen LogP contribution in [0.4, 0.5) is 4.39 Å². The fourth-order valence-electron chi connectivity index (χ4n) is 3.63. The number of carbonyl (C=O) groups is 1. The van der Waals surface area contributed by atoms with Crippen molar-refractivity contribution in [1.29, 1.82) is 0 Å². The summed E-state index contributed by atoms with van der Waals surface area (Å²) >= 11 is 0. The molecule has 1 aliphatic heterocycles. The van der Waals surface area contributed by atoms with E-state index in [9.17, 15) is 14.3 Å². The Kier molecular flexibility index (Phi) is 5.34. The van der Waals surface area contributed by atoms with Crippen LogP contribution in [0.1, 0.15) is 36.4 Å². The standard InChI is InChI=1S/C20H22FNO3/c1-25-18-11-10-15(21)13-16(18)19(14-7-3-2-4-8-14)22-12-6-5-9-17(22)20(23)24/h2-4,7-8,10-11,13,17,19H,5-6,9,12H2,1H3,(H,23,24). The number of benzene rings is 2. The van der Waals surface area contributed by atoms with Crippen LogP contribution in [-0.2, 0) is 4.79 Å². The highest BCUT2D eigenvalue weighted by Crippen LogP contribution is 2.38. The van der Waals surface area contributed by atoms with Crippen molar-refractivity contribution in [3.8, 4) is 5.75 Å². The summed E-state index contributed by atoms with van der Waals surface area (Å²) in [6, 6.07) is 13.1. The Balaban J connectivity index is 2.14. The molecule has 1 N–H and O–H groups in total. The summed E-state index contributed by atoms with van der Waals surface area (Å²) in [5.41, 5.74) is 1.58. The summed E-state index contributed by atoms with van der Waals surface area (Å²) in [5.74, 6) is -0.637. The number of nitrogens with zero attached hydrogens (tertiary/aromatic N) is 1. The van der Waals surface area contributed by atoms with Crippen LogP contribution in [0.5, 0.6) is 5.75 Å². The summed E-state index contributed by atoms with van der Waals surface area (Å²) in [4.78, 5) is 13.8. The Morgan fingerprint density at radius 1 is 1.24 bits per heavy atom. The predicted molar refractivity (Wildman–Crippen MR) is 93.2 cm³/mol. The van der Waals surface area contributed by atoms with Gasteiger partial charge in [-0.25, -0.2) is 4.39 Å². The van der Waals surface area contributed by atoms with Crippen molar-refractivity contribution in [1.82, 2.24) is 4.90 Å². The molecule has 2 atom stereocenters. The van der Waals surface area contributed by atoms with Gasteiger partial charge in [0.05, 0.1) is 13.2 Å². The van der Waals surface area contributed by atoms with Gasteiger partial charge in [-0.15, -0.1) is 0 Å². The van der Waals surface area contributed by atoms with E-state index < -0.39 is 12.0 Å². The summed E-state index contributed by atoms with van der Waals surface area (Å²) in [6.07, 6.45) is 2.40. The van der Waals surface area contributed by atoms with E-state index >= 15 is 0 Å². The van der Waals surface area contributed by atoms with Gasteiger partial charge in [-0.05, 0) is 43.1 Å². The fraction of sp³-hybridized carbons (Fsp3) is 0.350. The van der Waals surface area contributed by atoms with Crippen molar-refractivity contribution in [3.05, 3.63) is 65.5 Å². The van der Waals surface area contributed by atoms with Gasteiger partial charge in [0.2, 0.25) is 0 Å². The van der Waals surface area contributed by atoms with Gasteiger partial charge in [0, 0.05) is 5.56 Å². The average Bonchev–Trinajstić information content (AvgIpc) is 2.63. The summed E-state index contributed by atoms with van der Waals surface area (Å²) in [6.45, 7) is 0.649. The highest BCUT2D eigenvalue weighted by Gasteiger charge is 2.36. The maximum absolute atomic E-state index is 14.0. The van der Waals surface area contributed by atoms with E-state index in [0.29, 0.717) is 24.3 Å². The van der Waals surface area contributed by atoms with E-state index in [-0.39, 0.29) is 11.9 Å². The average molecular weight is 343 g/mol. The van der Waals surface area contributed by atoms with E-state index in [1.54, 1.807) is 13.2 Å². The predicted octanol–water partition coefficient (Wildman–Crippen LogP) is 3.86. The Hall–Kier alpha value is -2.40. The first-order valence-corrected chi connectivity index (χ1v) is 8.48. The van der Waals surface area contributed by atoms with Gasteiger partial charge in [-0.2, -0.15) is 0 Å². The zero-order valence-corrected chi connectivity index (χ0v) is 14.2. The maximum Gasteiger partial charge on any atom is 0.320 e. The molecule has 0 bridgehead atoms. The summed E-state index contributed by atoms with van der Waals surface area (Å²) in [7, 11) is 1.55.